The van der Waals surface area contributed by atoms with Gasteiger partial charge in [0, 0.05) is 27.9 Å². The number of ether oxygens (including phenoxy) is 1. The first-order valence-corrected chi connectivity index (χ1v) is 10.5. The van der Waals surface area contributed by atoms with E-state index < -0.39 is 0 Å². The molecule has 3 aliphatic rings. The molecule has 2 aromatic carbocycles. The van der Waals surface area contributed by atoms with Crippen LogP contribution in [-0.4, -0.2) is 23.9 Å². The third-order valence-electron chi connectivity index (χ3n) is 6.69. The van der Waals surface area contributed by atoms with Crippen molar-refractivity contribution in [2.45, 2.75) is 25.9 Å². The Morgan fingerprint density at radius 3 is 2.73 bits per heavy atom. The number of carbonyl (C=O) groups excluding carboxylic acids is 3. The maximum absolute atomic E-state index is 13.0. The average molecular weight is 425 g/mol. The molecule has 5 rings (SSSR count). The Bertz CT molecular complexity index is 1070. The van der Waals surface area contributed by atoms with Gasteiger partial charge in [0.15, 0.2) is 0 Å². The molecule has 0 spiro atoms. The second-order valence-corrected chi connectivity index (χ2v) is 8.77. The Morgan fingerprint density at radius 1 is 1.10 bits per heavy atom. The highest BCUT2D eigenvalue weighted by Gasteiger charge is 2.63. The summed E-state index contributed by atoms with van der Waals surface area (Å²) in [6.45, 7) is 1.84. The van der Waals surface area contributed by atoms with Crippen LogP contribution in [0, 0.1) is 30.6 Å². The molecular weight excluding hydrogens is 404 g/mol. The van der Waals surface area contributed by atoms with Crippen molar-refractivity contribution in [1.82, 2.24) is 0 Å². The Hall–Kier alpha value is -2.86. The molecule has 0 aromatic heterocycles. The number of benzene rings is 2. The van der Waals surface area contributed by atoms with E-state index >= 15 is 0 Å². The van der Waals surface area contributed by atoms with Crippen LogP contribution in [0.2, 0.25) is 5.02 Å². The Labute approximate surface area is 178 Å². The lowest BCUT2D eigenvalue weighted by Gasteiger charge is -2.23. The standard InChI is InChI=1S/C23H21ClN2O4/c1-11-16(24)6-3-7-17(11)26-21(27)12-4-2-5-14(8-12)25-22(28)19-13-9-15-18(10-13)30-23(29)20(15)19/h2-8,13,15,18-20H,9-10H2,1H3,(H,25,28)(H,26,27)/t13-,15+,18-,19-,20+/m1/s1. The maximum atomic E-state index is 13.0. The van der Waals surface area contributed by atoms with Gasteiger partial charge in [0.05, 0.1) is 11.8 Å². The quantitative estimate of drug-likeness (QED) is 0.725. The van der Waals surface area contributed by atoms with Crippen LogP contribution in [0.4, 0.5) is 11.4 Å². The van der Waals surface area contributed by atoms with Crippen LogP contribution in [0.25, 0.3) is 0 Å². The molecule has 154 valence electrons. The minimum atomic E-state index is -0.354. The SMILES string of the molecule is Cc1c(Cl)cccc1NC(=O)c1cccc(NC(=O)[C@@H]2[C@@H]3C[C@@H]4[C@@H]2C(=O)O[C@@H]4C3)c1. The number of carbonyl (C=O) groups is 3. The number of halogens is 1. The second kappa shape index (κ2) is 7.13. The van der Waals surface area contributed by atoms with Crippen molar-refractivity contribution in [2.75, 3.05) is 10.6 Å². The van der Waals surface area contributed by atoms with Crippen LogP contribution in [0.1, 0.15) is 28.8 Å². The summed E-state index contributed by atoms with van der Waals surface area (Å²) in [4.78, 5) is 37.8. The van der Waals surface area contributed by atoms with Crippen molar-refractivity contribution >= 4 is 40.8 Å². The summed E-state index contributed by atoms with van der Waals surface area (Å²) in [5.41, 5.74) is 2.37. The third-order valence-corrected chi connectivity index (χ3v) is 7.10. The van der Waals surface area contributed by atoms with Crippen molar-refractivity contribution in [3.8, 4) is 0 Å². The summed E-state index contributed by atoms with van der Waals surface area (Å²) in [6.07, 6.45) is 1.64. The van der Waals surface area contributed by atoms with Crippen molar-refractivity contribution in [3.05, 3.63) is 58.6 Å². The molecule has 1 saturated heterocycles. The third kappa shape index (κ3) is 3.06. The first-order chi connectivity index (χ1) is 14.4. The summed E-state index contributed by atoms with van der Waals surface area (Å²) >= 11 is 6.12. The summed E-state index contributed by atoms with van der Waals surface area (Å²) in [6, 6.07) is 12.1. The zero-order chi connectivity index (χ0) is 21.0. The van der Waals surface area contributed by atoms with Crippen molar-refractivity contribution in [2.24, 2.45) is 23.7 Å². The molecule has 7 heteroatoms. The predicted molar refractivity (Wildman–Crippen MR) is 112 cm³/mol. The zero-order valence-electron chi connectivity index (χ0n) is 16.4. The van der Waals surface area contributed by atoms with E-state index in [1.807, 2.05) is 6.92 Å². The van der Waals surface area contributed by atoms with Gasteiger partial charge < -0.3 is 15.4 Å². The Balaban J connectivity index is 1.31. The van der Waals surface area contributed by atoms with Gasteiger partial charge in [-0.25, -0.2) is 0 Å². The first-order valence-electron chi connectivity index (χ1n) is 10.1. The van der Waals surface area contributed by atoms with Crippen LogP contribution in [0.5, 0.6) is 0 Å². The molecule has 3 fully saturated rings. The molecule has 0 unspecified atom stereocenters. The fourth-order valence-electron chi connectivity index (χ4n) is 5.26. The second-order valence-electron chi connectivity index (χ2n) is 8.36. The number of esters is 1. The lowest BCUT2D eigenvalue weighted by Crippen LogP contribution is -2.35. The van der Waals surface area contributed by atoms with Crippen molar-refractivity contribution < 1.29 is 19.1 Å². The molecule has 1 heterocycles. The molecule has 30 heavy (non-hydrogen) atoms. The smallest absolute Gasteiger partial charge is 0.310 e. The number of rotatable bonds is 4. The highest BCUT2D eigenvalue weighted by molar-refractivity contribution is 6.31. The molecule has 2 bridgehead atoms. The predicted octanol–water partition coefficient (Wildman–Crippen LogP) is 4.04. The van der Waals surface area contributed by atoms with Crippen LogP contribution in [0.15, 0.2) is 42.5 Å². The van der Waals surface area contributed by atoms with E-state index in [-0.39, 0.29) is 47.6 Å². The summed E-state index contributed by atoms with van der Waals surface area (Å²) in [5, 5.41) is 6.34. The normalized spacial score (nSPS) is 28.3. The molecule has 2 aromatic rings. The van der Waals surface area contributed by atoms with Crippen molar-refractivity contribution in [1.29, 1.82) is 0 Å². The topological polar surface area (TPSA) is 84.5 Å². The molecule has 2 aliphatic carbocycles. The highest BCUT2D eigenvalue weighted by atomic mass is 35.5. The molecule has 1 aliphatic heterocycles. The van der Waals surface area contributed by atoms with E-state index in [1.54, 1.807) is 42.5 Å². The lowest BCUT2D eigenvalue weighted by molar-refractivity contribution is -0.145. The molecular formula is C23H21ClN2O4. The van der Waals surface area contributed by atoms with Gasteiger partial charge in [-0.05, 0) is 61.6 Å². The van der Waals surface area contributed by atoms with Gasteiger partial charge in [0.2, 0.25) is 5.91 Å². The van der Waals surface area contributed by atoms with E-state index in [9.17, 15) is 14.4 Å². The summed E-state index contributed by atoms with van der Waals surface area (Å²) < 4.78 is 5.41. The average Bonchev–Trinajstić information content (AvgIpc) is 3.34. The molecule has 5 atom stereocenters. The van der Waals surface area contributed by atoms with Gasteiger partial charge in [-0.15, -0.1) is 0 Å². The zero-order valence-corrected chi connectivity index (χ0v) is 17.1. The van der Waals surface area contributed by atoms with Crippen LogP contribution < -0.4 is 10.6 Å². The molecule has 6 nitrogen and oxygen atoms in total. The fraction of sp³-hybridized carbons (Fsp3) is 0.348. The first kappa shape index (κ1) is 19.1. The van der Waals surface area contributed by atoms with Crippen LogP contribution >= 0.6 is 11.6 Å². The number of nitrogens with one attached hydrogen (secondary N) is 2. The number of hydrogen-bond donors (Lipinski definition) is 2. The lowest BCUT2D eigenvalue weighted by atomic mass is 9.79. The Morgan fingerprint density at radius 2 is 1.90 bits per heavy atom. The molecule has 0 radical (unpaired) electrons. The summed E-state index contributed by atoms with van der Waals surface area (Å²) in [7, 11) is 0. The van der Waals surface area contributed by atoms with E-state index in [1.165, 1.54) is 0 Å². The maximum Gasteiger partial charge on any atom is 0.310 e. The van der Waals surface area contributed by atoms with Crippen LogP contribution in [-0.2, 0) is 14.3 Å². The number of fused-ring (bicyclic) bond motifs is 1. The van der Waals surface area contributed by atoms with Gasteiger partial charge in [0.1, 0.15) is 6.10 Å². The van der Waals surface area contributed by atoms with Crippen LogP contribution in [0.3, 0.4) is 0 Å². The monoisotopic (exact) mass is 424 g/mol. The molecule has 2 amide bonds. The summed E-state index contributed by atoms with van der Waals surface area (Å²) in [5.74, 6) is -1.02. The van der Waals surface area contributed by atoms with Gasteiger partial charge in [-0.3, -0.25) is 14.4 Å². The van der Waals surface area contributed by atoms with Gasteiger partial charge in [0.25, 0.3) is 5.91 Å². The van der Waals surface area contributed by atoms with Gasteiger partial charge >= 0.3 is 5.97 Å². The minimum absolute atomic E-state index is 0.00137. The number of hydrogen-bond acceptors (Lipinski definition) is 4. The van der Waals surface area contributed by atoms with E-state index in [0.29, 0.717) is 22.0 Å². The van der Waals surface area contributed by atoms with E-state index in [0.717, 1.165) is 18.4 Å². The Kier molecular flexibility index (Phi) is 4.54. The highest BCUT2D eigenvalue weighted by Crippen LogP contribution is 2.57. The number of anilines is 2. The fourth-order valence-corrected chi connectivity index (χ4v) is 5.44. The number of amides is 2. The van der Waals surface area contributed by atoms with Gasteiger partial charge in [-0.2, -0.15) is 0 Å². The van der Waals surface area contributed by atoms with Gasteiger partial charge in [-0.1, -0.05) is 23.7 Å². The minimum Gasteiger partial charge on any atom is -0.462 e. The van der Waals surface area contributed by atoms with Crippen molar-refractivity contribution in [3.63, 3.8) is 0 Å². The molecule has 2 N–H and O–H groups in total. The van der Waals surface area contributed by atoms with E-state index in [4.69, 9.17) is 16.3 Å². The molecule has 2 saturated carbocycles. The van der Waals surface area contributed by atoms with E-state index in [2.05, 4.69) is 10.6 Å². The largest absolute Gasteiger partial charge is 0.462 e.